The van der Waals surface area contributed by atoms with Gasteiger partial charge in [0.2, 0.25) is 17.7 Å². The SMILES string of the molecule is NC(=O)CCCc1oc2cc(OCCCO)c(O)cc2c1C(=O)c1cc(Br)c(O)c(Br)c1.NC(=O)CCCc1oc2cc(OCCCO)c(O)cc2c1C(=O)c1cc(I)c(O)c(I)c1.NC(=O)CCCc1oc2cc(OCCCO)c(O)cc2c1C(=O)c1cc(N)c(O)c(N)c1. The van der Waals surface area contributed by atoms with E-state index in [9.17, 15) is 59.4 Å². The summed E-state index contributed by atoms with van der Waals surface area (Å²) in [6, 6.07) is 17.3. The Labute approximate surface area is 590 Å². The molecule has 510 valence electrons. The fourth-order valence-corrected chi connectivity index (χ4v) is 12.7. The number of fused-ring (bicyclic) bond motifs is 3. The number of anilines is 2. The Balaban J connectivity index is 0.000000203. The number of carbonyl (C=O) groups excluding carboxylic acids is 6. The van der Waals surface area contributed by atoms with Crippen LogP contribution in [-0.2, 0) is 33.6 Å². The van der Waals surface area contributed by atoms with Crippen molar-refractivity contribution in [3.63, 3.8) is 0 Å². The molecule has 30 heteroatoms. The molecule has 0 fully saturated rings. The van der Waals surface area contributed by atoms with E-state index in [1.54, 1.807) is 12.1 Å². The monoisotopic (exact) mass is 1680 g/mol. The number of hydrogen-bond acceptors (Lipinski definition) is 23. The van der Waals surface area contributed by atoms with E-state index in [1.807, 2.05) is 45.2 Å². The lowest BCUT2D eigenvalue weighted by Gasteiger charge is -2.09. The fourth-order valence-electron chi connectivity index (χ4n) is 9.76. The van der Waals surface area contributed by atoms with Crippen LogP contribution in [0.3, 0.4) is 0 Å². The number of rotatable bonds is 30. The quantitative estimate of drug-likeness (QED) is 0.00654. The van der Waals surface area contributed by atoms with Crippen LogP contribution in [-0.4, -0.2) is 121 Å². The first-order valence-corrected chi connectivity index (χ1v) is 33.2. The average Bonchev–Trinajstić information content (AvgIpc) is 1.61. The van der Waals surface area contributed by atoms with Crippen molar-refractivity contribution in [2.24, 2.45) is 17.2 Å². The van der Waals surface area contributed by atoms with E-state index in [0.29, 0.717) is 117 Å². The van der Waals surface area contributed by atoms with Crippen LogP contribution in [0.4, 0.5) is 11.4 Å². The van der Waals surface area contributed by atoms with Crippen molar-refractivity contribution >= 4 is 156 Å². The van der Waals surface area contributed by atoms with Gasteiger partial charge in [0.1, 0.15) is 45.5 Å². The van der Waals surface area contributed by atoms with E-state index in [-0.39, 0.29) is 174 Å². The Morgan fingerprint density at radius 1 is 0.406 bits per heavy atom. The van der Waals surface area contributed by atoms with Gasteiger partial charge in [0.15, 0.2) is 57.6 Å². The Hall–Kier alpha value is -8.54. The van der Waals surface area contributed by atoms with Crippen LogP contribution < -0.4 is 42.9 Å². The topological polar surface area (TPSA) is 482 Å². The molecule has 3 amide bonds. The van der Waals surface area contributed by atoms with E-state index in [1.165, 1.54) is 60.7 Å². The molecule has 3 heterocycles. The summed E-state index contributed by atoms with van der Waals surface area (Å²) in [5.41, 5.74) is 29.5. The van der Waals surface area contributed by atoms with Gasteiger partial charge < -0.3 is 102 Å². The van der Waals surface area contributed by atoms with Crippen molar-refractivity contribution < 1.29 is 102 Å². The summed E-state index contributed by atoms with van der Waals surface area (Å²) in [4.78, 5) is 73.7. The summed E-state index contributed by atoms with van der Waals surface area (Å²) < 4.78 is 35.9. The van der Waals surface area contributed by atoms with Gasteiger partial charge in [-0.1, -0.05) is 0 Å². The molecule has 0 aliphatic heterocycles. The molecule has 19 N–H and O–H groups in total. The zero-order valence-electron chi connectivity index (χ0n) is 51.0. The zero-order valence-corrected chi connectivity index (χ0v) is 58.5. The third-order valence-corrected chi connectivity index (χ3v) is 17.2. The van der Waals surface area contributed by atoms with E-state index < -0.39 is 23.5 Å². The van der Waals surface area contributed by atoms with Gasteiger partial charge in [-0.05, 0) is 151 Å². The highest BCUT2D eigenvalue weighted by Crippen LogP contribution is 2.43. The van der Waals surface area contributed by atoms with Gasteiger partial charge in [-0.2, -0.15) is 0 Å². The second-order valence-corrected chi connectivity index (χ2v) is 25.5. The second kappa shape index (κ2) is 34.4. The van der Waals surface area contributed by atoms with Crippen molar-refractivity contribution in [1.82, 2.24) is 0 Å². The number of primary amides is 3. The summed E-state index contributed by atoms with van der Waals surface area (Å²) in [6.45, 7) is 0.423. The molecule has 0 atom stereocenters. The maximum absolute atomic E-state index is 13.5. The van der Waals surface area contributed by atoms with Crippen LogP contribution in [0.15, 0.2) is 95.0 Å². The van der Waals surface area contributed by atoms with Crippen LogP contribution in [0.25, 0.3) is 32.9 Å². The Bertz CT molecular complexity index is 3890. The van der Waals surface area contributed by atoms with Gasteiger partial charge in [0.05, 0.1) is 64.0 Å². The zero-order chi connectivity index (χ0) is 70.2. The highest BCUT2D eigenvalue weighted by atomic mass is 127. The molecule has 0 aliphatic carbocycles. The number of ether oxygens (including phenoxy) is 3. The fraction of sp³-hybridized carbons (Fsp3) is 0.273. The molecule has 96 heavy (non-hydrogen) atoms. The summed E-state index contributed by atoms with van der Waals surface area (Å²) in [5.74, 6) is -1.90. The van der Waals surface area contributed by atoms with Crippen LogP contribution in [0.1, 0.15) is 123 Å². The van der Waals surface area contributed by atoms with Crippen molar-refractivity contribution in [1.29, 1.82) is 0 Å². The number of aromatic hydroxyl groups is 6. The van der Waals surface area contributed by atoms with Gasteiger partial charge in [-0.25, -0.2) is 0 Å². The smallest absolute Gasteiger partial charge is 0.217 e. The van der Waals surface area contributed by atoms with E-state index in [0.717, 1.165) is 0 Å². The minimum absolute atomic E-state index is 0.0393. The number of benzene rings is 6. The summed E-state index contributed by atoms with van der Waals surface area (Å²) in [6.07, 6.45) is 3.47. The number of carbonyl (C=O) groups is 6. The first-order chi connectivity index (χ1) is 45.7. The minimum Gasteiger partial charge on any atom is -0.506 e. The number of aryl methyl sites for hydroxylation is 3. The number of halogens is 4. The number of ketones is 3. The van der Waals surface area contributed by atoms with Crippen molar-refractivity contribution in [3.8, 4) is 51.7 Å². The number of nitrogen functional groups attached to an aromatic ring is 2. The summed E-state index contributed by atoms with van der Waals surface area (Å²) >= 11 is 10.4. The molecule has 0 bridgehead atoms. The largest absolute Gasteiger partial charge is 0.506 e. The van der Waals surface area contributed by atoms with E-state index in [4.69, 9.17) is 71.4 Å². The van der Waals surface area contributed by atoms with Gasteiger partial charge in [-0.15, -0.1) is 0 Å². The molecule has 26 nitrogen and oxygen atoms in total. The summed E-state index contributed by atoms with van der Waals surface area (Å²) in [7, 11) is 0. The van der Waals surface area contributed by atoms with Crippen molar-refractivity contribution in [2.45, 2.75) is 77.0 Å². The lowest BCUT2D eigenvalue weighted by molar-refractivity contribution is -0.118. The predicted octanol–water partition coefficient (Wildman–Crippen LogP) is 9.83. The molecular formula is C66H67Br2I2N5O21. The molecule has 3 aromatic heterocycles. The Morgan fingerprint density at radius 2 is 0.698 bits per heavy atom. The highest BCUT2D eigenvalue weighted by molar-refractivity contribution is 14.1. The molecule has 0 radical (unpaired) electrons. The Kier molecular flexibility index (Phi) is 26.8. The number of furan rings is 3. The molecule has 0 aliphatic rings. The number of aliphatic hydroxyl groups excluding tert-OH is 3. The molecule has 0 saturated heterocycles. The van der Waals surface area contributed by atoms with Crippen molar-refractivity contribution in [3.05, 3.63) is 140 Å². The lowest BCUT2D eigenvalue weighted by atomic mass is 9.97. The van der Waals surface area contributed by atoms with Crippen LogP contribution in [0.2, 0.25) is 0 Å². The number of aliphatic hydroxyl groups is 3. The van der Waals surface area contributed by atoms with Gasteiger partial charge in [0, 0.05) is 129 Å². The standard InChI is InChI=1S/C22H21Br2NO7.C22H21I2NO7.C22H25N3O7/c3*23-13-7-11(8-14(24)22(13)30)21(29)20-12-9-15(27)18(31-6-2-5-26)10-17(12)32-16(20)3-1-4-19(25)28/h2*7-10,26-27,30H,1-6H2,(H2,25,28);7-10,26-27,30H,1-6,23-24H2,(H2,25,28). The first-order valence-electron chi connectivity index (χ1n) is 29.5. The van der Waals surface area contributed by atoms with Gasteiger partial charge in [0.25, 0.3) is 0 Å². The van der Waals surface area contributed by atoms with Gasteiger partial charge in [-0.3, -0.25) is 28.8 Å². The second-order valence-electron chi connectivity index (χ2n) is 21.5. The lowest BCUT2D eigenvalue weighted by Crippen LogP contribution is -2.11. The molecule has 0 saturated carbocycles. The molecule has 0 spiro atoms. The number of nitrogens with two attached hydrogens (primary N) is 5. The normalized spacial score (nSPS) is 11.1. The summed E-state index contributed by atoms with van der Waals surface area (Å²) in [5, 5.41) is 88.9. The van der Waals surface area contributed by atoms with Crippen molar-refractivity contribution in [2.75, 3.05) is 51.1 Å². The van der Waals surface area contributed by atoms with Gasteiger partial charge >= 0.3 is 0 Å². The molecule has 9 aromatic rings. The number of hydrogen-bond donors (Lipinski definition) is 14. The molecule has 0 unspecified atom stereocenters. The van der Waals surface area contributed by atoms with Crippen LogP contribution >= 0.6 is 77.0 Å². The molecule has 6 aromatic carbocycles. The maximum atomic E-state index is 13.5. The van der Waals surface area contributed by atoms with Crippen LogP contribution in [0, 0.1) is 7.14 Å². The first kappa shape index (κ1) is 74.8. The van der Waals surface area contributed by atoms with Crippen LogP contribution in [0.5, 0.6) is 51.7 Å². The number of phenols is 6. The highest BCUT2D eigenvalue weighted by Gasteiger charge is 2.29. The molecule has 9 rings (SSSR count). The average molecular weight is 1680 g/mol. The third-order valence-electron chi connectivity index (χ3n) is 14.4. The number of amides is 3. The minimum atomic E-state index is -0.482. The molecular weight excluding hydrogens is 1610 g/mol. The number of phenolic OH excluding ortho intramolecular Hbond substituents is 6. The van der Waals surface area contributed by atoms with E-state index >= 15 is 0 Å². The third kappa shape index (κ3) is 18.7. The Morgan fingerprint density at radius 3 is 0.990 bits per heavy atom. The van der Waals surface area contributed by atoms with E-state index in [2.05, 4.69) is 31.9 Å². The predicted molar refractivity (Wildman–Crippen MR) is 376 cm³/mol. The maximum Gasteiger partial charge on any atom is 0.217 e.